The van der Waals surface area contributed by atoms with E-state index >= 15 is 0 Å². The SMILES string of the molecule is Nc1ccc(CCNc2ccc3nc(C4=N[C@@H](C(=O)O)CS4)sc3c2)cc1. The fraction of sp³-hybridized carbons (Fsp3) is 0.211. The molecule has 1 aliphatic rings. The highest BCUT2D eigenvalue weighted by atomic mass is 32.2. The van der Waals surface area contributed by atoms with Gasteiger partial charge in [-0.15, -0.1) is 23.1 Å². The third kappa shape index (κ3) is 4.06. The lowest BCUT2D eigenvalue weighted by atomic mass is 10.1. The van der Waals surface area contributed by atoms with Crippen molar-refractivity contribution >= 4 is 55.7 Å². The minimum Gasteiger partial charge on any atom is -0.480 e. The number of fused-ring (bicyclic) bond motifs is 1. The zero-order valence-corrected chi connectivity index (χ0v) is 16.0. The van der Waals surface area contributed by atoms with Gasteiger partial charge in [-0.05, 0) is 42.3 Å². The average molecular weight is 399 g/mol. The van der Waals surface area contributed by atoms with Crippen molar-refractivity contribution in [3.05, 3.63) is 53.0 Å². The van der Waals surface area contributed by atoms with Crippen molar-refractivity contribution in [2.24, 2.45) is 4.99 Å². The summed E-state index contributed by atoms with van der Waals surface area (Å²) in [6.07, 6.45) is 0.913. The van der Waals surface area contributed by atoms with E-state index in [1.165, 1.54) is 17.3 Å². The minimum atomic E-state index is -0.883. The molecule has 0 saturated carbocycles. The summed E-state index contributed by atoms with van der Waals surface area (Å²) in [6, 6.07) is 13.3. The number of nitrogens with one attached hydrogen (secondary N) is 1. The number of anilines is 2. The Morgan fingerprint density at radius 3 is 2.81 bits per heavy atom. The van der Waals surface area contributed by atoms with Crippen molar-refractivity contribution in [2.75, 3.05) is 23.3 Å². The maximum Gasteiger partial charge on any atom is 0.329 e. The number of carbonyl (C=O) groups is 1. The van der Waals surface area contributed by atoms with Crippen molar-refractivity contribution in [1.82, 2.24) is 4.98 Å². The van der Waals surface area contributed by atoms with Crippen LogP contribution in [-0.4, -0.2) is 39.4 Å². The first-order valence-electron chi connectivity index (χ1n) is 8.51. The van der Waals surface area contributed by atoms with Gasteiger partial charge in [0.1, 0.15) is 10.1 Å². The van der Waals surface area contributed by atoms with E-state index in [9.17, 15) is 4.79 Å². The van der Waals surface area contributed by atoms with Crippen molar-refractivity contribution in [3.63, 3.8) is 0 Å². The number of thioether (sulfide) groups is 1. The van der Waals surface area contributed by atoms with Crippen LogP contribution in [0.1, 0.15) is 10.6 Å². The highest BCUT2D eigenvalue weighted by Crippen LogP contribution is 2.31. The molecule has 4 N–H and O–H groups in total. The summed E-state index contributed by atoms with van der Waals surface area (Å²) in [4.78, 5) is 19.9. The van der Waals surface area contributed by atoms with Crippen molar-refractivity contribution in [2.45, 2.75) is 12.5 Å². The predicted molar refractivity (Wildman–Crippen MR) is 113 cm³/mol. The number of aliphatic carboxylic acids is 1. The smallest absolute Gasteiger partial charge is 0.329 e. The van der Waals surface area contributed by atoms with Gasteiger partial charge in [-0.25, -0.2) is 9.78 Å². The molecule has 1 aliphatic heterocycles. The molecule has 138 valence electrons. The van der Waals surface area contributed by atoms with Gasteiger partial charge >= 0.3 is 5.97 Å². The number of nitrogen functional groups attached to an aromatic ring is 1. The van der Waals surface area contributed by atoms with E-state index in [0.717, 1.165) is 44.6 Å². The summed E-state index contributed by atoms with van der Waals surface area (Å²) in [5.74, 6) is -0.412. The summed E-state index contributed by atoms with van der Waals surface area (Å²) in [5.41, 5.74) is 9.67. The molecule has 3 aromatic rings. The molecular formula is C19H18N4O2S2. The van der Waals surface area contributed by atoms with Crippen LogP contribution in [0.3, 0.4) is 0 Å². The van der Waals surface area contributed by atoms with Crippen LogP contribution in [0.25, 0.3) is 10.2 Å². The molecule has 0 aliphatic carbocycles. The molecule has 0 bridgehead atoms. The van der Waals surface area contributed by atoms with Gasteiger partial charge in [0.2, 0.25) is 0 Å². The summed E-state index contributed by atoms with van der Waals surface area (Å²) in [5, 5.41) is 14.0. The first-order chi connectivity index (χ1) is 13.1. The molecule has 1 aromatic heterocycles. The number of carboxylic acids is 1. The summed E-state index contributed by atoms with van der Waals surface area (Å²) < 4.78 is 1.06. The monoisotopic (exact) mass is 398 g/mol. The second-order valence-electron chi connectivity index (χ2n) is 6.22. The standard InChI is InChI=1S/C19H18N4O2S2/c20-12-3-1-11(2-4-12)7-8-21-13-5-6-14-16(9-13)27-18(22-14)17-23-15(10-26-17)19(24)25/h1-6,9,15,21H,7-8,10,20H2,(H,24,25)/t15-/m1/s1. The van der Waals surface area contributed by atoms with Gasteiger partial charge < -0.3 is 16.2 Å². The fourth-order valence-corrected chi connectivity index (χ4v) is 4.88. The number of hydrogen-bond acceptors (Lipinski definition) is 7. The number of benzene rings is 2. The molecular weight excluding hydrogens is 380 g/mol. The molecule has 0 spiro atoms. The Kier molecular flexibility index (Phi) is 5.00. The number of nitrogens with two attached hydrogens (primary N) is 1. The highest BCUT2D eigenvalue weighted by Gasteiger charge is 2.26. The highest BCUT2D eigenvalue weighted by molar-refractivity contribution is 8.15. The van der Waals surface area contributed by atoms with Crippen molar-refractivity contribution in [3.8, 4) is 0 Å². The molecule has 0 saturated heterocycles. The lowest BCUT2D eigenvalue weighted by Crippen LogP contribution is -2.17. The number of rotatable bonds is 6. The van der Waals surface area contributed by atoms with E-state index in [2.05, 4.69) is 21.4 Å². The Balaban J connectivity index is 1.44. The van der Waals surface area contributed by atoms with Gasteiger partial charge in [-0.1, -0.05) is 12.1 Å². The molecule has 2 heterocycles. The fourth-order valence-electron chi connectivity index (χ4n) is 2.78. The van der Waals surface area contributed by atoms with E-state index in [-0.39, 0.29) is 0 Å². The first-order valence-corrected chi connectivity index (χ1v) is 10.3. The number of aliphatic imine (C=N–C) groups is 1. The third-order valence-corrected chi connectivity index (χ3v) is 6.44. The number of hydrogen-bond donors (Lipinski definition) is 3. The van der Waals surface area contributed by atoms with E-state index in [1.54, 1.807) is 11.3 Å². The van der Waals surface area contributed by atoms with E-state index in [1.807, 2.05) is 36.4 Å². The van der Waals surface area contributed by atoms with E-state index < -0.39 is 12.0 Å². The molecule has 1 atom stereocenters. The van der Waals surface area contributed by atoms with E-state index in [0.29, 0.717) is 5.75 Å². The van der Waals surface area contributed by atoms with Crippen LogP contribution in [0, 0.1) is 0 Å². The van der Waals surface area contributed by atoms with Crippen LogP contribution >= 0.6 is 23.1 Å². The molecule has 2 aromatic carbocycles. The Morgan fingerprint density at radius 1 is 1.26 bits per heavy atom. The lowest BCUT2D eigenvalue weighted by Gasteiger charge is -2.06. The largest absolute Gasteiger partial charge is 0.480 e. The maximum absolute atomic E-state index is 11.1. The van der Waals surface area contributed by atoms with Crippen LogP contribution in [0.4, 0.5) is 11.4 Å². The molecule has 8 heteroatoms. The van der Waals surface area contributed by atoms with Gasteiger partial charge in [0, 0.05) is 23.7 Å². The van der Waals surface area contributed by atoms with Gasteiger partial charge in [0.25, 0.3) is 0 Å². The first kappa shape index (κ1) is 17.8. The van der Waals surface area contributed by atoms with Crippen molar-refractivity contribution in [1.29, 1.82) is 0 Å². The van der Waals surface area contributed by atoms with Crippen LogP contribution in [0.15, 0.2) is 47.5 Å². The second kappa shape index (κ2) is 7.58. The third-order valence-electron chi connectivity index (χ3n) is 4.23. The molecule has 0 amide bonds. The Labute approximate surface area is 164 Å². The van der Waals surface area contributed by atoms with Crippen LogP contribution < -0.4 is 11.1 Å². The number of nitrogens with zero attached hydrogens (tertiary/aromatic N) is 2. The van der Waals surface area contributed by atoms with Gasteiger partial charge in [-0.3, -0.25) is 4.99 Å². The van der Waals surface area contributed by atoms with Crippen molar-refractivity contribution < 1.29 is 9.90 Å². The molecule has 0 unspecified atom stereocenters. The molecule has 6 nitrogen and oxygen atoms in total. The molecule has 27 heavy (non-hydrogen) atoms. The normalized spacial score (nSPS) is 16.4. The Morgan fingerprint density at radius 2 is 2.07 bits per heavy atom. The van der Waals surface area contributed by atoms with E-state index in [4.69, 9.17) is 10.8 Å². The topological polar surface area (TPSA) is 101 Å². The molecule has 0 fully saturated rings. The summed E-state index contributed by atoms with van der Waals surface area (Å²) in [6.45, 7) is 0.823. The summed E-state index contributed by atoms with van der Waals surface area (Å²) >= 11 is 3.00. The number of thiazole rings is 1. The van der Waals surface area contributed by atoms with Gasteiger partial charge in [0.05, 0.1) is 10.2 Å². The van der Waals surface area contributed by atoms with Crippen LogP contribution in [0.2, 0.25) is 0 Å². The number of aromatic nitrogens is 1. The zero-order chi connectivity index (χ0) is 18.8. The lowest BCUT2D eigenvalue weighted by molar-refractivity contribution is -0.137. The zero-order valence-electron chi connectivity index (χ0n) is 14.4. The number of carboxylic acid groups (broad SMARTS) is 1. The molecule has 4 rings (SSSR count). The molecule has 0 radical (unpaired) electrons. The predicted octanol–water partition coefficient (Wildman–Crippen LogP) is 3.48. The van der Waals surface area contributed by atoms with Gasteiger partial charge in [0.15, 0.2) is 6.04 Å². The second-order valence-corrected chi connectivity index (χ2v) is 8.26. The van der Waals surface area contributed by atoms with Crippen LogP contribution in [-0.2, 0) is 11.2 Å². The van der Waals surface area contributed by atoms with Crippen LogP contribution in [0.5, 0.6) is 0 Å². The maximum atomic E-state index is 11.1. The quantitative estimate of drug-likeness (QED) is 0.550. The average Bonchev–Trinajstić information content (AvgIpc) is 3.30. The Bertz CT molecular complexity index is 1010. The Hall–Kier alpha value is -2.58. The van der Waals surface area contributed by atoms with Gasteiger partial charge in [-0.2, -0.15) is 0 Å². The summed E-state index contributed by atoms with van der Waals surface area (Å²) in [7, 11) is 0. The minimum absolute atomic E-state index is 0.471.